The van der Waals surface area contributed by atoms with Gasteiger partial charge in [0.15, 0.2) is 0 Å². The summed E-state index contributed by atoms with van der Waals surface area (Å²) < 4.78 is 18.4. The van der Waals surface area contributed by atoms with Gasteiger partial charge in [0.2, 0.25) is 5.91 Å². The molecule has 0 bridgehead atoms. The molecule has 1 saturated heterocycles. The van der Waals surface area contributed by atoms with Crippen LogP contribution in [0.2, 0.25) is 0 Å². The summed E-state index contributed by atoms with van der Waals surface area (Å²) >= 11 is 0. The first-order valence-electron chi connectivity index (χ1n) is 11.2. The van der Waals surface area contributed by atoms with Gasteiger partial charge in [0.25, 0.3) is 0 Å². The molecule has 1 aliphatic rings. The molecule has 8 nitrogen and oxygen atoms in total. The van der Waals surface area contributed by atoms with Crippen molar-refractivity contribution < 1.29 is 18.7 Å². The van der Waals surface area contributed by atoms with Gasteiger partial charge in [0, 0.05) is 38.9 Å². The largest absolute Gasteiger partial charge is 0.497 e. The Labute approximate surface area is 199 Å². The van der Waals surface area contributed by atoms with Crippen LogP contribution in [0.15, 0.2) is 60.8 Å². The van der Waals surface area contributed by atoms with Crippen molar-refractivity contribution in [2.75, 3.05) is 46.9 Å². The van der Waals surface area contributed by atoms with Crippen LogP contribution in [0, 0.1) is 5.82 Å². The minimum atomic E-state index is -0.376. The number of methoxy groups -OCH3 is 1. The number of benzene rings is 2. The predicted octanol–water partition coefficient (Wildman–Crippen LogP) is 2.38. The maximum atomic E-state index is 13.2. The average molecular weight is 470 g/mol. The van der Waals surface area contributed by atoms with Crippen LogP contribution in [0.3, 0.4) is 0 Å². The van der Waals surface area contributed by atoms with Gasteiger partial charge in [-0.2, -0.15) is 0 Å². The van der Waals surface area contributed by atoms with Crippen LogP contribution in [-0.4, -0.2) is 73.7 Å². The fraction of sp³-hybridized carbons (Fsp3) is 0.360. The SMILES string of the molecule is C=C1CN(C)N(C(=O)NCc2ccc(OC)cc2)CC(=O)N(CCc2ccc(F)cc2)CCN1. The monoisotopic (exact) mass is 469 g/mol. The first-order valence-corrected chi connectivity index (χ1v) is 11.2. The minimum Gasteiger partial charge on any atom is -0.497 e. The van der Waals surface area contributed by atoms with E-state index in [2.05, 4.69) is 17.2 Å². The highest BCUT2D eigenvalue weighted by atomic mass is 19.1. The van der Waals surface area contributed by atoms with Gasteiger partial charge in [-0.1, -0.05) is 30.8 Å². The van der Waals surface area contributed by atoms with Crippen molar-refractivity contribution in [2.45, 2.75) is 13.0 Å². The van der Waals surface area contributed by atoms with E-state index in [9.17, 15) is 14.0 Å². The zero-order valence-corrected chi connectivity index (χ0v) is 19.7. The van der Waals surface area contributed by atoms with Gasteiger partial charge in [0.05, 0.1) is 13.7 Å². The fourth-order valence-corrected chi connectivity index (χ4v) is 3.65. The Morgan fingerprint density at radius 2 is 1.79 bits per heavy atom. The third-order valence-corrected chi connectivity index (χ3v) is 5.65. The number of carbonyl (C=O) groups is 2. The molecule has 1 heterocycles. The molecule has 34 heavy (non-hydrogen) atoms. The summed E-state index contributed by atoms with van der Waals surface area (Å²) in [6.45, 7) is 6.13. The Morgan fingerprint density at radius 1 is 1.12 bits per heavy atom. The molecule has 2 N–H and O–H groups in total. The summed E-state index contributed by atoms with van der Waals surface area (Å²) in [5.41, 5.74) is 2.61. The van der Waals surface area contributed by atoms with Crippen molar-refractivity contribution in [3.63, 3.8) is 0 Å². The number of ether oxygens (including phenoxy) is 1. The highest BCUT2D eigenvalue weighted by Crippen LogP contribution is 2.12. The molecule has 2 aromatic rings. The smallest absolute Gasteiger partial charge is 0.332 e. The second-order valence-corrected chi connectivity index (χ2v) is 8.17. The van der Waals surface area contributed by atoms with Gasteiger partial charge in [-0.15, -0.1) is 0 Å². The maximum absolute atomic E-state index is 13.2. The quantitative estimate of drug-likeness (QED) is 0.680. The molecule has 0 unspecified atom stereocenters. The van der Waals surface area contributed by atoms with Gasteiger partial charge in [-0.05, 0) is 41.8 Å². The predicted molar refractivity (Wildman–Crippen MR) is 128 cm³/mol. The molecule has 182 valence electrons. The summed E-state index contributed by atoms with van der Waals surface area (Å²) in [6.07, 6.45) is 0.590. The Kier molecular flexibility index (Phi) is 8.86. The van der Waals surface area contributed by atoms with Crippen molar-refractivity contribution in [1.82, 2.24) is 25.6 Å². The lowest BCUT2D eigenvalue weighted by Crippen LogP contribution is -2.55. The lowest BCUT2D eigenvalue weighted by atomic mass is 10.1. The molecule has 0 spiro atoms. The number of nitrogens with one attached hydrogen (secondary N) is 2. The molecule has 0 aromatic heterocycles. The van der Waals surface area contributed by atoms with Crippen molar-refractivity contribution >= 4 is 11.9 Å². The second-order valence-electron chi connectivity index (χ2n) is 8.17. The van der Waals surface area contributed by atoms with Crippen molar-refractivity contribution in [3.05, 3.63) is 77.8 Å². The number of halogens is 1. The average Bonchev–Trinajstić information content (AvgIpc) is 2.83. The highest BCUT2D eigenvalue weighted by Gasteiger charge is 2.26. The van der Waals surface area contributed by atoms with E-state index in [-0.39, 0.29) is 24.3 Å². The highest BCUT2D eigenvalue weighted by molar-refractivity contribution is 5.84. The zero-order valence-electron chi connectivity index (χ0n) is 19.7. The number of carbonyl (C=O) groups excluding carboxylic acids is 2. The molecule has 0 saturated carbocycles. The van der Waals surface area contributed by atoms with E-state index < -0.39 is 0 Å². The molecule has 9 heteroatoms. The Morgan fingerprint density at radius 3 is 2.47 bits per heavy atom. The van der Waals surface area contributed by atoms with Gasteiger partial charge in [-0.25, -0.2) is 19.2 Å². The number of hydrogen-bond acceptors (Lipinski definition) is 5. The maximum Gasteiger partial charge on any atom is 0.332 e. The van der Waals surface area contributed by atoms with Crippen LogP contribution >= 0.6 is 0 Å². The van der Waals surface area contributed by atoms with E-state index in [1.165, 1.54) is 17.1 Å². The van der Waals surface area contributed by atoms with Gasteiger partial charge in [-0.3, -0.25) is 4.79 Å². The van der Waals surface area contributed by atoms with Crippen LogP contribution in [0.25, 0.3) is 0 Å². The fourth-order valence-electron chi connectivity index (χ4n) is 3.65. The molecule has 3 rings (SSSR count). The number of rotatable bonds is 6. The molecule has 1 fully saturated rings. The van der Waals surface area contributed by atoms with E-state index in [4.69, 9.17) is 4.74 Å². The Bertz CT molecular complexity index is 981. The number of amides is 3. The van der Waals surface area contributed by atoms with E-state index in [0.29, 0.717) is 39.1 Å². The van der Waals surface area contributed by atoms with Crippen LogP contribution in [0.4, 0.5) is 9.18 Å². The van der Waals surface area contributed by atoms with Crippen molar-refractivity contribution in [1.29, 1.82) is 0 Å². The summed E-state index contributed by atoms with van der Waals surface area (Å²) in [5, 5.41) is 9.18. The first kappa shape index (κ1) is 25.0. The normalized spacial score (nSPS) is 15.6. The number of hydrogen-bond donors (Lipinski definition) is 2. The first-order chi connectivity index (χ1) is 16.4. The summed E-state index contributed by atoms with van der Waals surface area (Å²) in [6, 6.07) is 13.3. The summed E-state index contributed by atoms with van der Waals surface area (Å²) in [4.78, 5) is 27.9. The minimum absolute atomic E-state index is 0.0956. The van der Waals surface area contributed by atoms with Crippen LogP contribution in [0.5, 0.6) is 5.75 Å². The van der Waals surface area contributed by atoms with E-state index >= 15 is 0 Å². The number of hydrazine groups is 1. The lowest BCUT2D eigenvalue weighted by Gasteiger charge is -2.35. The molecule has 1 aliphatic heterocycles. The van der Waals surface area contributed by atoms with Gasteiger partial charge in [0.1, 0.15) is 18.1 Å². The standard InChI is InChI=1S/C25H32FN5O3/c1-19-17-29(2)31(25(33)28-16-21-6-10-23(34-3)11-7-21)18-24(32)30(15-13-27-19)14-12-20-4-8-22(26)9-5-20/h4-11,27H,1,12-18H2,2-3H3,(H,28,33). The zero-order chi connectivity index (χ0) is 24.5. The third-order valence-electron chi connectivity index (χ3n) is 5.65. The molecule has 3 amide bonds. The molecular weight excluding hydrogens is 437 g/mol. The van der Waals surface area contributed by atoms with E-state index in [0.717, 1.165) is 22.6 Å². The Hall–Kier alpha value is -3.59. The number of likely N-dealkylation sites (N-methyl/N-ethyl adjacent to an activating group) is 1. The topological polar surface area (TPSA) is 77.2 Å². The summed E-state index contributed by atoms with van der Waals surface area (Å²) in [7, 11) is 3.35. The van der Waals surface area contributed by atoms with Crippen LogP contribution in [0.1, 0.15) is 11.1 Å². The van der Waals surface area contributed by atoms with Crippen LogP contribution < -0.4 is 15.4 Å². The van der Waals surface area contributed by atoms with E-state index in [1.807, 2.05) is 24.3 Å². The molecule has 0 atom stereocenters. The second kappa shape index (κ2) is 12.0. The molecular formula is C25H32FN5O3. The molecule has 2 aromatic carbocycles. The number of urea groups is 1. The lowest BCUT2D eigenvalue weighted by molar-refractivity contribution is -0.135. The summed E-state index contributed by atoms with van der Waals surface area (Å²) in [5.74, 6) is 0.284. The Balaban J connectivity index is 1.66. The van der Waals surface area contributed by atoms with E-state index in [1.54, 1.807) is 36.2 Å². The van der Waals surface area contributed by atoms with Crippen LogP contribution in [-0.2, 0) is 17.8 Å². The molecule has 0 aliphatic carbocycles. The van der Waals surface area contributed by atoms with Gasteiger partial charge >= 0.3 is 6.03 Å². The third kappa shape index (κ3) is 7.21. The number of nitrogens with zero attached hydrogens (tertiary/aromatic N) is 3. The van der Waals surface area contributed by atoms with Crippen molar-refractivity contribution in [3.8, 4) is 5.75 Å². The molecule has 0 radical (unpaired) electrons. The van der Waals surface area contributed by atoms with Crippen molar-refractivity contribution in [2.24, 2.45) is 0 Å². The van der Waals surface area contributed by atoms with Gasteiger partial charge < -0.3 is 20.3 Å².